The average molecular weight is 670 g/mol. The molecule has 49 heavy (non-hydrogen) atoms. The van der Waals surface area contributed by atoms with Crippen molar-refractivity contribution in [3.63, 3.8) is 0 Å². The lowest BCUT2D eigenvalue weighted by Crippen LogP contribution is -2.39. The molecule has 0 amide bonds. The lowest BCUT2D eigenvalue weighted by Gasteiger charge is -2.47. The van der Waals surface area contributed by atoms with Crippen LogP contribution in [-0.2, 0) is 16.0 Å². The number of phenols is 1. The molecule has 0 heterocycles. The number of ketones is 1. The summed E-state index contributed by atoms with van der Waals surface area (Å²) < 4.78 is 12.6. The van der Waals surface area contributed by atoms with Crippen LogP contribution in [0.5, 0.6) is 11.5 Å². The predicted molar refractivity (Wildman–Crippen MR) is 197 cm³/mol. The minimum Gasteiger partial charge on any atom is -0.504 e. The summed E-state index contributed by atoms with van der Waals surface area (Å²) in [7, 11) is 1.77. The summed E-state index contributed by atoms with van der Waals surface area (Å²) in [4.78, 5) is 17.9. The third kappa shape index (κ3) is 8.74. The first-order valence-corrected chi connectivity index (χ1v) is 19.3. The summed E-state index contributed by atoms with van der Waals surface area (Å²) in [6, 6.07) is 1.85. The van der Waals surface area contributed by atoms with Crippen molar-refractivity contribution in [2.45, 2.75) is 134 Å². The van der Waals surface area contributed by atoms with E-state index in [1.165, 1.54) is 44.1 Å². The Morgan fingerprint density at radius 3 is 2.63 bits per heavy atom. The zero-order valence-electron chi connectivity index (χ0n) is 29.9. The second-order valence-corrected chi connectivity index (χ2v) is 15.8. The van der Waals surface area contributed by atoms with Crippen LogP contribution in [0.3, 0.4) is 0 Å². The quantitative estimate of drug-likeness (QED) is 0.0685. The largest absolute Gasteiger partial charge is 0.504 e. The van der Waals surface area contributed by atoms with Gasteiger partial charge in [0.2, 0.25) is 0 Å². The van der Waals surface area contributed by atoms with E-state index in [-0.39, 0.29) is 53.3 Å². The molecular formula is C42H59N3O4. The van der Waals surface area contributed by atoms with E-state index in [2.05, 4.69) is 35.9 Å². The molecule has 2 bridgehead atoms. The zero-order valence-corrected chi connectivity index (χ0v) is 29.9. The second-order valence-electron chi connectivity index (χ2n) is 15.8. The van der Waals surface area contributed by atoms with E-state index in [1.807, 2.05) is 6.07 Å². The maximum absolute atomic E-state index is 13.2. The Balaban J connectivity index is 1.42. The first-order chi connectivity index (χ1) is 23.8. The van der Waals surface area contributed by atoms with Gasteiger partial charge in [-0.15, -0.1) is 0 Å². The number of aromatic hydroxyl groups is 1. The van der Waals surface area contributed by atoms with Gasteiger partial charge in [-0.05, 0) is 118 Å². The van der Waals surface area contributed by atoms with Crippen LogP contribution in [0.2, 0.25) is 0 Å². The Kier molecular flexibility index (Phi) is 12.1. The standard InChI is InChI=1S/C42H59N3O4/c1-27-18-19-29-23-31-24-32(45-42(43)44)13-9-17-35-30(20-21-33(46)14-6-5-12-28-10-3-4-11-28)25-38(49-34-15-7-8-16-34)41(47)40(35)39(36(29)22-27)37(31)26-48-2/h6,14,23,25,27-28,31-32,34,36-37,39,47H,3-5,7-8,10-13,15-16,18-22,24,26H2,1-2H3,(H4,43,44,45). The SMILES string of the molecule is COCC1C2C=C3CCC(C)CC3C1c1c(O)c(OC3CCCC3)cc(CCC(=O)C=CCCC3CCCC3)c1C#CCC(N=C(N)N)C2. The number of phenolic OH excluding ortho intramolecular Hbond substituents is 1. The molecule has 0 aliphatic heterocycles. The van der Waals surface area contributed by atoms with Crippen LogP contribution in [-0.4, -0.2) is 42.7 Å². The van der Waals surface area contributed by atoms with E-state index in [1.54, 1.807) is 13.2 Å². The number of fused-ring (bicyclic) bond motifs is 6. The Morgan fingerprint density at radius 2 is 1.88 bits per heavy atom. The molecule has 3 saturated carbocycles. The molecule has 6 atom stereocenters. The minimum absolute atomic E-state index is 0.00739. The van der Waals surface area contributed by atoms with Gasteiger partial charge in [-0.25, -0.2) is 4.99 Å². The lowest BCUT2D eigenvalue weighted by atomic mass is 9.58. The summed E-state index contributed by atoms with van der Waals surface area (Å²) in [6.45, 7) is 2.90. The van der Waals surface area contributed by atoms with Crippen molar-refractivity contribution in [2.24, 2.45) is 46.0 Å². The highest BCUT2D eigenvalue weighted by atomic mass is 16.5. The smallest absolute Gasteiger partial charge is 0.186 e. The van der Waals surface area contributed by atoms with E-state index >= 15 is 0 Å². The van der Waals surface area contributed by atoms with Gasteiger partial charge in [-0.3, -0.25) is 4.79 Å². The van der Waals surface area contributed by atoms with Crippen molar-refractivity contribution in [1.82, 2.24) is 0 Å². The highest BCUT2D eigenvalue weighted by Gasteiger charge is 2.46. The lowest BCUT2D eigenvalue weighted by molar-refractivity contribution is -0.114. The van der Waals surface area contributed by atoms with Gasteiger partial charge in [0.05, 0.1) is 18.8 Å². The number of ether oxygens (including phenoxy) is 2. The molecule has 6 rings (SSSR count). The molecule has 7 nitrogen and oxygen atoms in total. The molecule has 7 heteroatoms. The number of hydrogen-bond donors (Lipinski definition) is 3. The normalized spacial score (nSPS) is 28.7. The first-order valence-electron chi connectivity index (χ1n) is 19.3. The number of nitrogens with two attached hydrogens (primary N) is 2. The summed E-state index contributed by atoms with van der Waals surface area (Å²) in [5.41, 5.74) is 16.1. The van der Waals surface area contributed by atoms with Crippen molar-refractivity contribution >= 4 is 11.7 Å². The molecule has 6 unspecified atom stereocenters. The number of benzene rings is 1. The van der Waals surface area contributed by atoms with Crippen molar-refractivity contribution in [3.8, 4) is 23.3 Å². The van der Waals surface area contributed by atoms with Crippen molar-refractivity contribution in [3.05, 3.63) is 46.6 Å². The first kappa shape index (κ1) is 35.6. The predicted octanol–water partition coefficient (Wildman–Crippen LogP) is 7.87. The number of carbonyl (C=O) groups is 1. The summed E-state index contributed by atoms with van der Waals surface area (Å²) in [6.07, 6.45) is 23.7. The number of carbonyl (C=O) groups excluding carboxylic acids is 1. The molecule has 0 radical (unpaired) electrons. The molecule has 0 aromatic heterocycles. The van der Waals surface area contributed by atoms with Crippen LogP contribution in [0.4, 0.5) is 0 Å². The minimum atomic E-state index is -0.141. The molecule has 3 fully saturated rings. The fourth-order valence-corrected chi connectivity index (χ4v) is 9.75. The van der Waals surface area contributed by atoms with Gasteiger partial charge >= 0.3 is 0 Å². The Morgan fingerprint density at radius 1 is 1.10 bits per heavy atom. The third-order valence-corrected chi connectivity index (χ3v) is 12.2. The highest BCUT2D eigenvalue weighted by Crippen LogP contribution is 2.56. The molecule has 0 saturated heterocycles. The van der Waals surface area contributed by atoms with Gasteiger partial charge in [0.25, 0.3) is 0 Å². The van der Waals surface area contributed by atoms with Crippen LogP contribution >= 0.6 is 0 Å². The van der Waals surface area contributed by atoms with Crippen LogP contribution < -0.4 is 16.2 Å². The maximum atomic E-state index is 13.2. The topological polar surface area (TPSA) is 120 Å². The van der Waals surface area contributed by atoms with Crippen molar-refractivity contribution in [1.29, 1.82) is 0 Å². The number of rotatable bonds is 12. The molecule has 5 N–H and O–H groups in total. The van der Waals surface area contributed by atoms with Crippen LogP contribution in [0.15, 0.2) is 34.9 Å². The number of aliphatic imine (C=N–C) groups is 1. The Bertz CT molecular complexity index is 1470. The number of aryl methyl sites for hydroxylation is 1. The van der Waals surface area contributed by atoms with Crippen LogP contribution in [0, 0.1) is 41.4 Å². The summed E-state index contributed by atoms with van der Waals surface area (Å²) in [5, 5.41) is 12.3. The summed E-state index contributed by atoms with van der Waals surface area (Å²) in [5.74, 6) is 9.89. The molecule has 266 valence electrons. The average Bonchev–Trinajstić information content (AvgIpc) is 3.79. The Labute approximate surface area is 294 Å². The summed E-state index contributed by atoms with van der Waals surface area (Å²) >= 11 is 0. The second kappa shape index (κ2) is 16.6. The number of methoxy groups -OCH3 is 1. The van der Waals surface area contributed by atoms with Gasteiger partial charge in [0.1, 0.15) is 0 Å². The van der Waals surface area contributed by atoms with Gasteiger partial charge in [-0.2, -0.15) is 0 Å². The van der Waals surface area contributed by atoms with E-state index in [0.29, 0.717) is 37.5 Å². The van der Waals surface area contributed by atoms with Gasteiger partial charge < -0.3 is 26.0 Å². The Hall–Kier alpha value is -3.24. The molecule has 0 spiro atoms. The van der Waals surface area contributed by atoms with Gasteiger partial charge in [0.15, 0.2) is 23.2 Å². The van der Waals surface area contributed by atoms with E-state index in [0.717, 1.165) is 74.0 Å². The van der Waals surface area contributed by atoms with Crippen molar-refractivity contribution in [2.75, 3.05) is 13.7 Å². The fraction of sp³-hybridized carbons (Fsp3) is 0.667. The molecule has 1 aromatic carbocycles. The highest BCUT2D eigenvalue weighted by molar-refractivity contribution is 5.89. The number of nitrogens with zero attached hydrogens (tertiary/aromatic N) is 1. The number of hydrogen-bond acceptors (Lipinski definition) is 5. The third-order valence-electron chi connectivity index (χ3n) is 12.2. The fourth-order valence-electron chi connectivity index (χ4n) is 9.75. The van der Waals surface area contributed by atoms with E-state index in [4.69, 9.17) is 20.9 Å². The van der Waals surface area contributed by atoms with Gasteiger partial charge in [-0.1, -0.05) is 62.2 Å². The van der Waals surface area contributed by atoms with Crippen molar-refractivity contribution < 1.29 is 19.4 Å². The molecule has 5 aliphatic rings. The van der Waals surface area contributed by atoms with Crippen LogP contribution in [0.1, 0.15) is 132 Å². The monoisotopic (exact) mass is 669 g/mol. The molecule has 5 aliphatic carbocycles. The maximum Gasteiger partial charge on any atom is 0.186 e. The molecule has 1 aromatic rings. The van der Waals surface area contributed by atoms with Crippen LogP contribution in [0.25, 0.3) is 0 Å². The number of allylic oxidation sites excluding steroid dienone is 4. The number of guanidine groups is 1. The van der Waals surface area contributed by atoms with E-state index in [9.17, 15) is 9.90 Å². The van der Waals surface area contributed by atoms with Gasteiger partial charge in [0, 0.05) is 37.0 Å². The van der Waals surface area contributed by atoms with E-state index < -0.39 is 0 Å². The zero-order chi connectivity index (χ0) is 34.3. The molecular weight excluding hydrogens is 610 g/mol.